The van der Waals surface area contributed by atoms with Gasteiger partial charge in [0.1, 0.15) is 0 Å². The molecule has 4 nitrogen and oxygen atoms in total. The maximum absolute atomic E-state index is 9.17. The van der Waals surface area contributed by atoms with Gasteiger partial charge in [0, 0.05) is 0 Å². The SMILES string of the molecule is OCC1=C/C=C(CO)\C=C(CO)/C(CO)=C\1. The zero-order valence-corrected chi connectivity index (χ0v) is 8.93. The van der Waals surface area contributed by atoms with E-state index in [0.29, 0.717) is 22.3 Å². The first kappa shape index (κ1) is 12.9. The molecule has 1 rings (SSSR count). The lowest BCUT2D eigenvalue weighted by Gasteiger charge is -2.11. The molecule has 0 saturated carbocycles. The van der Waals surface area contributed by atoms with Crippen LogP contribution in [-0.4, -0.2) is 46.9 Å². The second-order valence-electron chi connectivity index (χ2n) is 3.45. The molecule has 0 saturated heterocycles. The molecule has 0 spiro atoms. The summed E-state index contributed by atoms with van der Waals surface area (Å²) in [6.07, 6.45) is 6.61. The molecule has 0 aliphatic heterocycles. The maximum atomic E-state index is 9.17. The van der Waals surface area contributed by atoms with E-state index < -0.39 is 0 Å². The van der Waals surface area contributed by atoms with Crippen LogP contribution in [-0.2, 0) is 0 Å². The van der Waals surface area contributed by atoms with E-state index in [1.807, 2.05) is 0 Å². The normalized spacial score (nSPS) is 29.8. The molecule has 16 heavy (non-hydrogen) atoms. The lowest BCUT2D eigenvalue weighted by atomic mass is 9.99. The van der Waals surface area contributed by atoms with Crippen LogP contribution in [0.1, 0.15) is 0 Å². The molecule has 0 aromatic heterocycles. The van der Waals surface area contributed by atoms with E-state index in [9.17, 15) is 10.2 Å². The summed E-state index contributed by atoms with van der Waals surface area (Å²) < 4.78 is 0. The highest BCUT2D eigenvalue weighted by atomic mass is 16.3. The summed E-state index contributed by atoms with van der Waals surface area (Å²) >= 11 is 0. The van der Waals surface area contributed by atoms with Crippen molar-refractivity contribution < 1.29 is 20.4 Å². The number of aliphatic hydroxyl groups excluding tert-OH is 4. The Morgan fingerprint density at radius 1 is 0.625 bits per heavy atom. The van der Waals surface area contributed by atoms with Crippen LogP contribution < -0.4 is 0 Å². The number of hydrogen-bond donors (Lipinski definition) is 4. The van der Waals surface area contributed by atoms with Crippen LogP contribution in [0.15, 0.2) is 46.6 Å². The van der Waals surface area contributed by atoms with Gasteiger partial charge >= 0.3 is 0 Å². The van der Waals surface area contributed by atoms with Crippen molar-refractivity contribution in [3.63, 3.8) is 0 Å². The van der Waals surface area contributed by atoms with Gasteiger partial charge in [-0.3, -0.25) is 0 Å². The van der Waals surface area contributed by atoms with Crippen LogP contribution in [0.5, 0.6) is 0 Å². The topological polar surface area (TPSA) is 80.9 Å². The lowest BCUT2D eigenvalue weighted by Crippen LogP contribution is -2.05. The zero-order chi connectivity index (χ0) is 12.0. The fourth-order valence-electron chi connectivity index (χ4n) is 1.43. The van der Waals surface area contributed by atoms with Crippen LogP contribution in [0.25, 0.3) is 0 Å². The van der Waals surface area contributed by atoms with Crippen molar-refractivity contribution in [2.75, 3.05) is 26.4 Å². The quantitative estimate of drug-likeness (QED) is 0.527. The fraction of sp³-hybridized carbons (Fsp3) is 0.333. The molecule has 0 bridgehead atoms. The number of allylic oxidation sites excluding steroid dienone is 2. The highest BCUT2D eigenvalue weighted by Gasteiger charge is 2.07. The van der Waals surface area contributed by atoms with E-state index in [0.717, 1.165) is 0 Å². The molecule has 0 atom stereocenters. The molecule has 0 aromatic carbocycles. The third-order valence-corrected chi connectivity index (χ3v) is 2.35. The molecule has 0 radical (unpaired) electrons. The highest BCUT2D eigenvalue weighted by molar-refractivity contribution is 5.46. The fourth-order valence-corrected chi connectivity index (χ4v) is 1.43. The average molecular weight is 224 g/mol. The molecular weight excluding hydrogens is 208 g/mol. The number of rotatable bonds is 4. The van der Waals surface area contributed by atoms with Crippen molar-refractivity contribution in [1.82, 2.24) is 0 Å². The molecule has 4 N–H and O–H groups in total. The first-order valence-corrected chi connectivity index (χ1v) is 4.99. The summed E-state index contributed by atoms with van der Waals surface area (Å²) in [4.78, 5) is 0. The molecular formula is C12H16O4. The van der Waals surface area contributed by atoms with E-state index in [4.69, 9.17) is 10.2 Å². The first-order chi connectivity index (χ1) is 7.74. The largest absolute Gasteiger partial charge is 0.392 e. The van der Waals surface area contributed by atoms with Crippen molar-refractivity contribution in [3.05, 3.63) is 46.6 Å². The standard InChI is InChI=1S/C12H16O4/c13-5-9-1-2-10(6-14)4-12(8-16)11(3-9)7-15/h1-4,13-16H,5-8H2/b2-1?,9-1+,9-3?,10-2+,10-4?,11-3-,12-4-,12-11?. The molecule has 0 heterocycles. The van der Waals surface area contributed by atoms with Crippen LogP contribution in [0.3, 0.4) is 0 Å². The lowest BCUT2D eigenvalue weighted by molar-refractivity contribution is 0.308. The van der Waals surface area contributed by atoms with E-state index in [1.165, 1.54) is 0 Å². The Labute approximate surface area is 94.2 Å². The van der Waals surface area contributed by atoms with Crippen molar-refractivity contribution in [2.45, 2.75) is 0 Å². The molecule has 0 fully saturated rings. The Hall–Kier alpha value is -1.20. The monoisotopic (exact) mass is 224 g/mol. The summed E-state index contributed by atoms with van der Waals surface area (Å²) in [5.41, 5.74) is 2.33. The van der Waals surface area contributed by atoms with Gasteiger partial charge in [-0.2, -0.15) is 0 Å². The van der Waals surface area contributed by atoms with E-state index in [1.54, 1.807) is 24.3 Å². The second kappa shape index (κ2) is 6.40. The predicted octanol–water partition coefficient (Wildman–Crippen LogP) is -0.325. The highest BCUT2D eigenvalue weighted by Crippen LogP contribution is 2.17. The summed E-state index contributed by atoms with van der Waals surface area (Å²) in [7, 11) is 0. The van der Waals surface area contributed by atoms with Gasteiger partial charge in [0.2, 0.25) is 0 Å². The van der Waals surface area contributed by atoms with Gasteiger partial charge in [0.15, 0.2) is 0 Å². The van der Waals surface area contributed by atoms with Crippen molar-refractivity contribution >= 4 is 0 Å². The Balaban J connectivity index is 3.17. The minimum atomic E-state index is -0.220. The summed E-state index contributed by atoms with van der Waals surface area (Å²) in [5, 5.41) is 36.5. The molecule has 4 heteroatoms. The van der Waals surface area contributed by atoms with Gasteiger partial charge in [-0.25, -0.2) is 0 Å². The smallest absolute Gasteiger partial charge is 0.0685 e. The maximum Gasteiger partial charge on any atom is 0.0685 e. The molecule has 1 aliphatic carbocycles. The van der Waals surface area contributed by atoms with Crippen LogP contribution in [0, 0.1) is 0 Å². The summed E-state index contributed by atoms with van der Waals surface area (Å²) in [6.45, 7) is -0.750. The Morgan fingerprint density at radius 3 is 1.25 bits per heavy atom. The molecule has 0 aromatic rings. The van der Waals surface area contributed by atoms with Gasteiger partial charge < -0.3 is 20.4 Å². The van der Waals surface area contributed by atoms with Crippen LogP contribution in [0.4, 0.5) is 0 Å². The van der Waals surface area contributed by atoms with E-state index >= 15 is 0 Å². The van der Waals surface area contributed by atoms with E-state index in [-0.39, 0.29) is 26.4 Å². The molecule has 0 unspecified atom stereocenters. The number of aliphatic hydroxyl groups is 4. The predicted molar refractivity (Wildman–Crippen MR) is 60.7 cm³/mol. The summed E-state index contributed by atoms with van der Waals surface area (Å²) in [5.74, 6) is 0. The first-order valence-electron chi connectivity index (χ1n) is 4.99. The van der Waals surface area contributed by atoms with Crippen molar-refractivity contribution in [3.8, 4) is 0 Å². The van der Waals surface area contributed by atoms with Crippen molar-refractivity contribution in [2.24, 2.45) is 0 Å². The minimum Gasteiger partial charge on any atom is -0.392 e. The van der Waals surface area contributed by atoms with Crippen LogP contribution >= 0.6 is 0 Å². The molecule has 0 amide bonds. The minimum absolute atomic E-state index is 0.155. The Bertz CT molecular complexity index is 325. The number of hydrogen-bond acceptors (Lipinski definition) is 4. The van der Waals surface area contributed by atoms with Gasteiger partial charge in [-0.15, -0.1) is 0 Å². The second-order valence-corrected chi connectivity index (χ2v) is 3.45. The third-order valence-electron chi connectivity index (χ3n) is 2.35. The zero-order valence-electron chi connectivity index (χ0n) is 8.93. The van der Waals surface area contributed by atoms with Gasteiger partial charge in [-0.05, 0) is 22.3 Å². The van der Waals surface area contributed by atoms with Gasteiger partial charge in [0.25, 0.3) is 0 Å². The molecule has 88 valence electrons. The summed E-state index contributed by atoms with van der Waals surface area (Å²) in [6, 6.07) is 0. The van der Waals surface area contributed by atoms with Gasteiger partial charge in [-0.1, -0.05) is 24.3 Å². The van der Waals surface area contributed by atoms with Gasteiger partial charge in [0.05, 0.1) is 26.4 Å². The van der Waals surface area contributed by atoms with Crippen molar-refractivity contribution in [1.29, 1.82) is 0 Å². The van der Waals surface area contributed by atoms with E-state index in [2.05, 4.69) is 0 Å². The molecule has 1 aliphatic rings. The van der Waals surface area contributed by atoms with Crippen LogP contribution in [0.2, 0.25) is 0 Å². The Morgan fingerprint density at radius 2 is 1.00 bits per heavy atom. The average Bonchev–Trinajstić information content (AvgIpc) is 2.30. The third kappa shape index (κ3) is 3.15. The Kier molecular flexibility index (Phi) is 5.14.